The van der Waals surface area contributed by atoms with Crippen LogP contribution in [0.15, 0.2) is 51.8 Å². The number of benzene rings is 2. The Hall–Kier alpha value is -1.54. The normalized spacial score (nSPS) is 12.0. The predicted molar refractivity (Wildman–Crippen MR) is 91.5 cm³/mol. The van der Waals surface area contributed by atoms with E-state index in [0.29, 0.717) is 23.5 Å². The van der Waals surface area contributed by atoms with E-state index in [0.717, 1.165) is 15.6 Å². The van der Waals surface area contributed by atoms with Crippen molar-refractivity contribution in [2.24, 2.45) is 0 Å². The number of ether oxygens (including phenoxy) is 1. The molecule has 0 aliphatic heterocycles. The highest BCUT2D eigenvalue weighted by molar-refractivity contribution is 9.10. The van der Waals surface area contributed by atoms with Gasteiger partial charge < -0.3 is 14.6 Å². The van der Waals surface area contributed by atoms with Crippen LogP contribution < -0.4 is 5.32 Å². The van der Waals surface area contributed by atoms with Crippen molar-refractivity contribution in [3.8, 4) is 0 Å². The molecule has 0 bridgehead atoms. The second-order valence-corrected chi connectivity index (χ2v) is 6.65. The van der Waals surface area contributed by atoms with Gasteiger partial charge in [-0.2, -0.15) is 0 Å². The van der Waals surface area contributed by atoms with Crippen molar-refractivity contribution >= 4 is 33.0 Å². The summed E-state index contributed by atoms with van der Waals surface area (Å²) in [7, 11) is 1.35. The molecule has 23 heavy (non-hydrogen) atoms. The molecular weight excluding hydrogens is 382 g/mol. The zero-order valence-corrected chi connectivity index (χ0v) is 14.8. The number of carbonyl (C=O) groups is 1. The van der Waals surface area contributed by atoms with Crippen LogP contribution in [0.5, 0.6) is 0 Å². The maximum Gasteiger partial charge on any atom is 0.337 e. The van der Waals surface area contributed by atoms with E-state index in [-0.39, 0.29) is 5.97 Å². The molecule has 2 rings (SSSR count). The Labute approximate surface area is 145 Å². The molecule has 0 radical (unpaired) electrons. The summed E-state index contributed by atoms with van der Waals surface area (Å²) in [4.78, 5) is 11.8. The van der Waals surface area contributed by atoms with Crippen LogP contribution in [0.4, 0.5) is 0 Å². The Morgan fingerprint density at radius 3 is 2.52 bits per heavy atom. The Kier molecular flexibility index (Phi) is 6.47. The third kappa shape index (κ3) is 4.97. The van der Waals surface area contributed by atoms with Gasteiger partial charge in [0.15, 0.2) is 11.1 Å². The first-order valence-electron chi connectivity index (χ1n) is 6.78. The smallest absolute Gasteiger partial charge is 0.337 e. The van der Waals surface area contributed by atoms with E-state index in [1.807, 2.05) is 18.2 Å². The molecule has 0 aliphatic rings. The number of methoxy groups -OCH3 is 1. The third-order valence-corrected chi connectivity index (χ3v) is 4.50. The topological polar surface area (TPSA) is 75.6 Å². The van der Waals surface area contributed by atoms with Gasteiger partial charge >= 0.3 is 5.97 Å². The number of hydrogen-bond acceptors (Lipinski definition) is 4. The maximum atomic E-state index is 11.4. The summed E-state index contributed by atoms with van der Waals surface area (Å²) in [5, 5.41) is 3.22. The Balaban J connectivity index is 1.99. The highest BCUT2D eigenvalue weighted by Crippen LogP contribution is 2.19. The van der Waals surface area contributed by atoms with Crippen molar-refractivity contribution in [2.45, 2.75) is 18.0 Å². The number of halogens is 1. The Bertz CT molecular complexity index is 719. The lowest BCUT2D eigenvalue weighted by molar-refractivity contribution is 0.0600. The Morgan fingerprint density at radius 1 is 1.22 bits per heavy atom. The zero-order valence-electron chi connectivity index (χ0n) is 12.4. The first kappa shape index (κ1) is 17.8. The lowest BCUT2D eigenvalue weighted by Gasteiger charge is -2.09. The van der Waals surface area contributed by atoms with Crippen LogP contribution in [0.25, 0.3) is 0 Å². The SMILES string of the molecule is COC(=O)c1ccc(CNCc2cc(Br)ccc2S(=O)O)cc1. The molecule has 0 aliphatic carbocycles. The number of rotatable bonds is 6. The first-order chi connectivity index (χ1) is 11.0. The molecule has 0 heterocycles. The molecule has 1 atom stereocenters. The minimum absolute atomic E-state index is 0.367. The maximum absolute atomic E-state index is 11.4. The van der Waals surface area contributed by atoms with Gasteiger partial charge in [0.1, 0.15) is 0 Å². The van der Waals surface area contributed by atoms with E-state index >= 15 is 0 Å². The molecule has 5 nitrogen and oxygen atoms in total. The molecule has 7 heteroatoms. The summed E-state index contributed by atoms with van der Waals surface area (Å²) < 4.78 is 26.1. The molecule has 2 aromatic rings. The molecule has 0 spiro atoms. The quantitative estimate of drug-likeness (QED) is 0.578. The largest absolute Gasteiger partial charge is 0.465 e. The van der Waals surface area contributed by atoms with Crippen LogP contribution in [0.3, 0.4) is 0 Å². The summed E-state index contributed by atoms with van der Waals surface area (Å²) in [6.07, 6.45) is 0. The van der Waals surface area contributed by atoms with Crippen molar-refractivity contribution in [1.29, 1.82) is 0 Å². The van der Waals surface area contributed by atoms with Crippen molar-refractivity contribution < 1.29 is 18.3 Å². The predicted octanol–water partition coefficient (Wildman–Crippen LogP) is 3.11. The van der Waals surface area contributed by atoms with E-state index in [1.54, 1.807) is 24.3 Å². The van der Waals surface area contributed by atoms with Crippen LogP contribution in [-0.2, 0) is 28.9 Å². The standard InChI is InChI=1S/C16H16BrNO4S/c1-22-16(19)12-4-2-11(3-5-12)9-18-10-13-8-14(17)6-7-15(13)23(20)21/h2-8,18H,9-10H2,1H3,(H,20,21). The van der Waals surface area contributed by atoms with Crippen LogP contribution in [0.2, 0.25) is 0 Å². The van der Waals surface area contributed by atoms with Crippen molar-refractivity contribution in [2.75, 3.05) is 7.11 Å². The second kappa shape index (κ2) is 8.35. The summed E-state index contributed by atoms with van der Waals surface area (Å²) in [5.74, 6) is -0.367. The molecule has 0 aromatic heterocycles. The van der Waals surface area contributed by atoms with E-state index in [4.69, 9.17) is 0 Å². The van der Waals surface area contributed by atoms with Gasteiger partial charge in [-0.3, -0.25) is 0 Å². The molecule has 0 amide bonds. The van der Waals surface area contributed by atoms with E-state index < -0.39 is 11.1 Å². The van der Waals surface area contributed by atoms with Gasteiger partial charge in [0.05, 0.1) is 17.6 Å². The van der Waals surface area contributed by atoms with E-state index in [2.05, 4.69) is 26.0 Å². The van der Waals surface area contributed by atoms with Gasteiger partial charge in [-0.15, -0.1) is 0 Å². The van der Waals surface area contributed by atoms with Gasteiger partial charge in [0.25, 0.3) is 0 Å². The molecule has 122 valence electrons. The van der Waals surface area contributed by atoms with Crippen molar-refractivity contribution in [1.82, 2.24) is 5.32 Å². The van der Waals surface area contributed by atoms with Crippen LogP contribution in [0.1, 0.15) is 21.5 Å². The molecule has 0 saturated carbocycles. The molecule has 1 unspecified atom stereocenters. The van der Waals surface area contributed by atoms with Gasteiger partial charge in [0.2, 0.25) is 0 Å². The van der Waals surface area contributed by atoms with E-state index in [1.165, 1.54) is 7.11 Å². The number of esters is 1. The van der Waals surface area contributed by atoms with Crippen LogP contribution in [-0.4, -0.2) is 21.8 Å². The number of hydrogen-bond donors (Lipinski definition) is 2. The van der Waals surface area contributed by atoms with Crippen LogP contribution in [0, 0.1) is 0 Å². The molecule has 2 N–H and O–H groups in total. The minimum atomic E-state index is -2.02. The average molecular weight is 398 g/mol. The van der Waals surface area contributed by atoms with E-state index in [9.17, 15) is 13.6 Å². The van der Waals surface area contributed by atoms with Gasteiger partial charge in [-0.25, -0.2) is 9.00 Å². The fourth-order valence-corrected chi connectivity index (χ4v) is 3.02. The highest BCUT2D eigenvalue weighted by atomic mass is 79.9. The lowest BCUT2D eigenvalue weighted by Crippen LogP contribution is -2.14. The van der Waals surface area contributed by atoms with Crippen molar-refractivity contribution in [3.05, 3.63) is 63.6 Å². The monoisotopic (exact) mass is 397 g/mol. The molecular formula is C16H16BrNO4S. The second-order valence-electron chi connectivity index (χ2n) is 4.79. The van der Waals surface area contributed by atoms with Gasteiger partial charge in [-0.05, 0) is 41.5 Å². The number of nitrogens with one attached hydrogen (secondary N) is 1. The van der Waals surface area contributed by atoms with Gasteiger partial charge in [0, 0.05) is 17.6 Å². The minimum Gasteiger partial charge on any atom is -0.465 e. The van der Waals surface area contributed by atoms with Crippen molar-refractivity contribution in [3.63, 3.8) is 0 Å². The average Bonchev–Trinajstić information content (AvgIpc) is 2.54. The van der Waals surface area contributed by atoms with Crippen LogP contribution >= 0.6 is 15.9 Å². The Morgan fingerprint density at radius 2 is 1.91 bits per heavy atom. The molecule has 0 fully saturated rings. The highest BCUT2D eigenvalue weighted by Gasteiger charge is 2.08. The fraction of sp³-hybridized carbons (Fsp3) is 0.188. The zero-order chi connectivity index (χ0) is 16.8. The fourth-order valence-electron chi connectivity index (χ4n) is 2.07. The summed E-state index contributed by atoms with van der Waals surface area (Å²) >= 11 is 1.34. The third-order valence-electron chi connectivity index (χ3n) is 3.23. The summed E-state index contributed by atoms with van der Waals surface area (Å²) in [6.45, 7) is 1.03. The molecule has 2 aromatic carbocycles. The molecule has 0 saturated heterocycles. The lowest BCUT2D eigenvalue weighted by atomic mass is 10.1. The summed E-state index contributed by atoms with van der Waals surface area (Å²) in [6, 6.07) is 12.3. The van der Waals surface area contributed by atoms with Gasteiger partial charge in [-0.1, -0.05) is 28.1 Å². The summed E-state index contributed by atoms with van der Waals surface area (Å²) in [5.41, 5.74) is 2.26. The first-order valence-corrected chi connectivity index (χ1v) is 8.68. The number of carbonyl (C=O) groups excluding carboxylic acids is 1.